The maximum Gasteiger partial charge on any atom is 0.257 e. The summed E-state index contributed by atoms with van der Waals surface area (Å²) in [7, 11) is -2.13. The lowest BCUT2D eigenvalue weighted by Crippen LogP contribution is -2.42. The van der Waals surface area contributed by atoms with Gasteiger partial charge in [-0.2, -0.15) is 9.29 Å². The maximum absolute atomic E-state index is 12.9. The van der Waals surface area contributed by atoms with E-state index in [4.69, 9.17) is 25.6 Å². The van der Waals surface area contributed by atoms with Crippen LogP contribution in [0.5, 0.6) is 5.75 Å². The molecule has 152 valence electrons. The number of aromatic nitrogens is 2. The summed E-state index contributed by atoms with van der Waals surface area (Å²) in [6, 6.07) is 13.4. The number of rotatable bonds is 5. The summed E-state index contributed by atoms with van der Waals surface area (Å²) in [6.07, 6.45) is -0.655. The molecule has 1 aromatic heterocycles. The number of ether oxygens (including phenoxy) is 2. The predicted octanol–water partition coefficient (Wildman–Crippen LogP) is 3.16. The minimum atomic E-state index is -3.71. The molecule has 1 atom stereocenters. The van der Waals surface area contributed by atoms with E-state index in [-0.39, 0.29) is 30.5 Å². The van der Waals surface area contributed by atoms with Gasteiger partial charge in [0.15, 0.2) is 6.10 Å². The zero-order valence-electron chi connectivity index (χ0n) is 15.5. The third kappa shape index (κ3) is 4.13. The van der Waals surface area contributed by atoms with E-state index in [0.717, 1.165) is 11.3 Å². The van der Waals surface area contributed by atoms with Crippen LogP contribution in [0.25, 0.3) is 11.4 Å². The Balaban J connectivity index is 1.53. The van der Waals surface area contributed by atoms with Crippen molar-refractivity contribution in [2.75, 3.05) is 26.8 Å². The number of hydrogen-bond donors (Lipinski definition) is 0. The van der Waals surface area contributed by atoms with Crippen LogP contribution >= 0.6 is 11.6 Å². The summed E-state index contributed by atoms with van der Waals surface area (Å²) in [6.45, 7) is 0.509. The first-order valence-corrected chi connectivity index (χ1v) is 10.6. The quantitative estimate of drug-likeness (QED) is 0.607. The lowest BCUT2D eigenvalue weighted by Gasteiger charge is -2.30. The highest BCUT2D eigenvalue weighted by atomic mass is 35.5. The highest BCUT2D eigenvalue weighted by molar-refractivity contribution is 7.89. The zero-order chi connectivity index (χ0) is 20.4. The fraction of sp³-hybridized carbons (Fsp3) is 0.263. The molecule has 10 heteroatoms. The van der Waals surface area contributed by atoms with Crippen LogP contribution in [0.15, 0.2) is 57.9 Å². The Morgan fingerprint density at radius 1 is 1.21 bits per heavy atom. The Morgan fingerprint density at radius 3 is 2.72 bits per heavy atom. The number of halogens is 1. The highest BCUT2D eigenvalue weighted by Gasteiger charge is 2.34. The molecule has 1 aliphatic heterocycles. The Morgan fingerprint density at radius 2 is 2.00 bits per heavy atom. The highest BCUT2D eigenvalue weighted by Crippen LogP contribution is 2.28. The number of morpholine rings is 1. The van der Waals surface area contributed by atoms with Gasteiger partial charge < -0.3 is 14.0 Å². The van der Waals surface area contributed by atoms with E-state index in [2.05, 4.69) is 10.1 Å². The molecular weight excluding hydrogens is 418 g/mol. The molecule has 2 aromatic carbocycles. The Labute approximate surface area is 173 Å². The van der Waals surface area contributed by atoms with Gasteiger partial charge in [-0.05, 0) is 42.5 Å². The van der Waals surface area contributed by atoms with Crippen LogP contribution in [0.4, 0.5) is 0 Å². The third-order valence-corrected chi connectivity index (χ3v) is 6.62. The molecule has 0 radical (unpaired) electrons. The SMILES string of the molecule is COc1ccc(-c2noc([C@@H]3CN(S(=O)(=O)c4cccc(Cl)c4)CCO3)n2)cc1. The average Bonchev–Trinajstić information content (AvgIpc) is 3.24. The fourth-order valence-electron chi connectivity index (χ4n) is 2.99. The molecule has 2 heterocycles. The van der Waals surface area contributed by atoms with Crippen molar-refractivity contribution in [1.82, 2.24) is 14.4 Å². The van der Waals surface area contributed by atoms with Crippen molar-refractivity contribution in [3.05, 3.63) is 59.4 Å². The Bertz CT molecular complexity index is 1100. The molecule has 29 heavy (non-hydrogen) atoms. The van der Waals surface area contributed by atoms with Gasteiger partial charge in [0.2, 0.25) is 15.8 Å². The number of methoxy groups -OCH3 is 1. The first kappa shape index (κ1) is 19.8. The van der Waals surface area contributed by atoms with Crippen molar-refractivity contribution in [2.24, 2.45) is 0 Å². The number of benzene rings is 2. The smallest absolute Gasteiger partial charge is 0.257 e. The number of hydrogen-bond acceptors (Lipinski definition) is 7. The second-order valence-corrected chi connectivity index (χ2v) is 8.74. The van der Waals surface area contributed by atoms with Crippen molar-refractivity contribution in [3.63, 3.8) is 0 Å². The lowest BCUT2D eigenvalue weighted by atomic mass is 10.2. The topological polar surface area (TPSA) is 94.8 Å². The van der Waals surface area contributed by atoms with E-state index in [1.165, 1.54) is 16.4 Å². The minimum absolute atomic E-state index is 0.0685. The molecule has 1 fully saturated rings. The van der Waals surface area contributed by atoms with Crippen molar-refractivity contribution < 1.29 is 22.4 Å². The van der Waals surface area contributed by atoms with Crippen LogP contribution in [0.3, 0.4) is 0 Å². The molecular formula is C19H18ClN3O5S. The van der Waals surface area contributed by atoms with Crippen molar-refractivity contribution in [2.45, 2.75) is 11.0 Å². The fourth-order valence-corrected chi connectivity index (χ4v) is 4.72. The molecule has 0 saturated carbocycles. The van der Waals surface area contributed by atoms with Gasteiger partial charge in [0.1, 0.15) is 5.75 Å². The Kier molecular flexibility index (Phi) is 5.55. The summed E-state index contributed by atoms with van der Waals surface area (Å²) in [5.41, 5.74) is 0.750. The molecule has 3 aromatic rings. The second kappa shape index (κ2) is 8.11. The van der Waals surface area contributed by atoms with Crippen LogP contribution in [-0.4, -0.2) is 49.7 Å². The van der Waals surface area contributed by atoms with Crippen LogP contribution in [0.1, 0.15) is 12.0 Å². The van der Waals surface area contributed by atoms with Crippen molar-refractivity contribution in [1.29, 1.82) is 0 Å². The van der Waals surface area contributed by atoms with Gasteiger partial charge in [0.05, 0.1) is 18.6 Å². The summed E-state index contributed by atoms with van der Waals surface area (Å²) < 4.78 is 43.4. The molecule has 8 nitrogen and oxygen atoms in total. The van der Waals surface area contributed by atoms with E-state index in [1.54, 1.807) is 31.4 Å². The van der Waals surface area contributed by atoms with Gasteiger partial charge in [0, 0.05) is 23.7 Å². The van der Waals surface area contributed by atoms with E-state index in [0.29, 0.717) is 10.8 Å². The summed E-state index contributed by atoms with van der Waals surface area (Å²) in [5, 5.41) is 4.34. The minimum Gasteiger partial charge on any atom is -0.497 e. The molecule has 4 rings (SSSR count). The first-order valence-electron chi connectivity index (χ1n) is 8.83. The van der Waals surface area contributed by atoms with Crippen molar-refractivity contribution in [3.8, 4) is 17.1 Å². The molecule has 0 bridgehead atoms. The first-order chi connectivity index (χ1) is 14.0. The van der Waals surface area contributed by atoms with Crippen LogP contribution in [0, 0.1) is 0 Å². The van der Waals surface area contributed by atoms with E-state index in [9.17, 15) is 8.42 Å². The normalized spacial score (nSPS) is 17.9. The lowest BCUT2D eigenvalue weighted by molar-refractivity contribution is -0.0199. The number of sulfonamides is 1. The maximum atomic E-state index is 12.9. The molecule has 0 amide bonds. The average molecular weight is 436 g/mol. The Hall–Kier alpha value is -2.46. The zero-order valence-corrected chi connectivity index (χ0v) is 17.1. The van der Waals surface area contributed by atoms with Gasteiger partial charge in [-0.15, -0.1) is 0 Å². The predicted molar refractivity (Wildman–Crippen MR) is 105 cm³/mol. The van der Waals surface area contributed by atoms with Gasteiger partial charge >= 0.3 is 0 Å². The molecule has 0 unspecified atom stereocenters. The van der Waals surface area contributed by atoms with E-state index >= 15 is 0 Å². The third-order valence-electron chi connectivity index (χ3n) is 4.53. The number of nitrogens with zero attached hydrogens (tertiary/aromatic N) is 3. The van der Waals surface area contributed by atoms with Crippen LogP contribution < -0.4 is 4.74 Å². The van der Waals surface area contributed by atoms with Gasteiger partial charge in [0.25, 0.3) is 5.89 Å². The van der Waals surface area contributed by atoms with Gasteiger partial charge in [-0.3, -0.25) is 0 Å². The van der Waals surface area contributed by atoms with Gasteiger partial charge in [-0.25, -0.2) is 8.42 Å². The largest absolute Gasteiger partial charge is 0.497 e. The monoisotopic (exact) mass is 435 g/mol. The van der Waals surface area contributed by atoms with Gasteiger partial charge in [-0.1, -0.05) is 22.8 Å². The summed E-state index contributed by atoms with van der Waals surface area (Å²) >= 11 is 5.95. The van der Waals surface area contributed by atoms with E-state index < -0.39 is 16.1 Å². The standard InChI is InChI=1S/C19H18ClN3O5S/c1-26-15-7-5-13(6-8-15)18-21-19(28-22-18)17-12-23(9-10-27-17)29(24,25)16-4-2-3-14(20)11-16/h2-8,11,17H,9-10,12H2,1H3/t17-/m0/s1. The summed E-state index contributed by atoms with van der Waals surface area (Å²) in [5.74, 6) is 1.33. The van der Waals surface area contributed by atoms with E-state index in [1.807, 2.05) is 12.1 Å². The van der Waals surface area contributed by atoms with Crippen molar-refractivity contribution >= 4 is 21.6 Å². The molecule has 0 aliphatic carbocycles. The summed E-state index contributed by atoms with van der Waals surface area (Å²) in [4.78, 5) is 4.51. The van der Waals surface area contributed by atoms with Crippen LogP contribution in [-0.2, 0) is 14.8 Å². The molecule has 1 aliphatic rings. The molecule has 0 N–H and O–H groups in total. The molecule has 1 saturated heterocycles. The molecule has 0 spiro atoms. The van der Waals surface area contributed by atoms with Crippen LogP contribution in [0.2, 0.25) is 5.02 Å². The second-order valence-electron chi connectivity index (χ2n) is 6.36.